The van der Waals surface area contributed by atoms with Crippen molar-refractivity contribution in [3.8, 4) is 0 Å². The first kappa shape index (κ1) is 14.1. The van der Waals surface area contributed by atoms with Crippen LogP contribution in [0.4, 0.5) is 18.9 Å². The molecule has 4 heteroatoms. The molecule has 0 bridgehead atoms. The first-order valence-corrected chi connectivity index (χ1v) is 6.06. The molecule has 2 aromatic carbocycles. The van der Waals surface area contributed by atoms with Gasteiger partial charge in [-0.3, -0.25) is 0 Å². The van der Waals surface area contributed by atoms with Crippen molar-refractivity contribution in [2.24, 2.45) is 0 Å². The van der Waals surface area contributed by atoms with E-state index in [1.54, 1.807) is 12.1 Å². The zero-order valence-corrected chi connectivity index (χ0v) is 10.8. The Balaban J connectivity index is 2.24. The molecule has 1 atom stereocenters. The second-order valence-electron chi connectivity index (χ2n) is 4.54. The lowest BCUT2D eigenvalue weighted by molar-refractivity contribution is -0.137. The number of benzene rings is 2. The van der Waals surface area contributed by atoms with Crippen molar-refractivity contribution < 1.29 is 13.2 Å². The normalized spacial score (nSPS) is 12.8. The highest BCUT2D eigenvalue weighted by Crippen LogP contribution is 2.31. The van der Waals surface area contributed by atoms with Crippen LogP contribution in [-0.2, 0) is 6.18 Å². The minimum Gasteiger partial charge on any atom is -0.238 e. The molecule has 0 aliphatic heterocycles. The van der Waals surface area contributed by atoms with Crippen LogP contribution in [0, 0.1) is 6.57 Å². The maximum atomic E-state index is 12.5. The Hall–Kier alpha value is -2.28. The molecule has 2 aromatic rings. The number of rotatable bonds is 2. The van der Waals surface area contributed by atoms with Gasteiger partial charge in [0, 0.05) is 5.92 Å². The smallest absolute Gasteiger partial charge is 0.238 e. The first-order valence-electron chi connectivity index (χ1n) is 6.06. The molecule has 0 N–H and O–H groups in total. The third-order valence-corrected chi connectivity index (χ3v) is 3.26. The summed E-state index contributed by atoms with van der Waals surface area (Å²) >= 11 is 0. The van der Waals surface area contributed by atoms with Crippen LogP contribution in [-0.4, -0.2) is 0 Å². The average Bonchev–Trinajstić information content (AvgIpc) is 2.46. The summed E-state index contributed by atoms with van der Waals surface area (Å²) in [6.45, 7) is 8.81. The molecule has 0 aromatic heterocycles. The molecular weight excluding hydrogens is 263 g/mol. The van der Waals surface area contributed by atoms with E-state index in [-0.39, 0.29) is 5.92 Å². The van der Waals surface area contributed by atoms with Crippen molar-refractivity contribution in [3.05, 3.63) is 76.6 Å². The minimum absolute atomic E-state index is 0.0166. The van der Waals surface area contributed by atoms with Gasteiger partial charge in [-0.1, -0.05) is 43.3 Å². The Morgan fingerprint density at radius 2 is 1.35 bits per heavy atom. The van der Waals surface area contributed by atoms with E-state index in [0.29, 0.717) is 5.69 Å². The Kier molecular flexibility index (Phi) is 3.80. The fraction of sp³-hybridized carbons (Fsp3) is 0.188. The summed E-state index contributed by atoms with van der Waals surface area (Å²) in [6.07, 6.45) is -4.31. The molecule has 20 heavy (non-hydrogen) atoms. The molecule has 0 amide bonds. The number of hydrogen-bond acceptors (Lipinski definition) is 0. The summed E-state index contributed by atoms with van der Waals surface area (Å²) < 4.78 is 37.5. The standard InChI is InChI=1S/C16H12F3N/c1-11(13-5-9-15(20-2)10-6-13)12-3-7-14(8-4-12)16(17,18)19/h3-11H,1H3/t11-/m0/s1. The van der Waals surface area contributed by atoms with Crippen LogP contribution in [0.1, 0.15) is 29.5 Å². The highest BCUT2D eigenvalue weighted by Gasteiger charge is 2.30. The summed E-state index contributed by atoms with van der Waals surface area (Å²) in [6, 6.07) is 12.3. The van der Waals surface area contributed by atoms with Crippen molar-refractivity contribution in [2.75, 3.05) is 0 Å². The van der Waals surface area contributed by atoms with E-state index in [9.17, 15) is 13.2 Å². The van der Waals surface area contributed by atoms with E-state index in [0.717, 1.165) is 23.3 Å². The van der Waals surface area contributed by atoms with Crippen LogP contribution in [0.15, 0.2) is 48.5 Å². The monoisotopic (exact) mass is 275 g/mol. The molecule has 102 valence electrons. The van der Waals surface area contributed by atoms with Crippen molar-refractivity contribution in [1.82, 2.24) is 0 Å². The van der Waals surface area contributed by atoms with E-state index < -0.39 is 11.7 Å². The molecule has 0 saturated heterocycles. The second kappa shape index (κ2) is 5.38. The highest BCUT2D eigenvalue weighted by atomic mass is 19.4. The van der Waals surface area contributed by atoms with Crippen LogP contribution >= 0.6 is 0 Å². The average molecular weight is 275 g/mol. The van der Waals surface area contributed by atoms with Gasteiger partial charge in [-0.25, -0.2) is 4.85 Å². The Labute approximate surface area is 115 Å². The zero-order chi connectivity index (χ0) is 14.8. The van der Waals surface area contributed by atoms with Crippen LogP contribution in [0.5, 0.6) is 0 Å². The lowest BCUT2D eigenvalue weighted by Gasteiger charge is -2.14. The maximum Gasteiger partial charge on any atom is 0.416 e. The van der Waals surface area contributed by atoms with Crippen LogP contribution in [0.3, 0.4) is 0 Å². The summed E-state index contributed by atoms with van der Waals surface area (Å²) in [5.74, 6) is -0.0166. The van der Waals surface area contributed by atoms with Crippen molar-refractivity contribution in [3.63, 3.8) is 0 Å². The fourth-order valence-electron chi connectivity index (χ4n) is 1.99. The molecule has 0 aliphatic carbocycles. The first-order chi connectivity index (χ1) is 9.41. The van der Waals surface area contributed by atoms with E-state index in [1.165, 1.54) is 12.1 Å². The quantitative estimate of drug-likeness (QED) is 0.646. The molecule has 0 heterocycles. The maximum absolute atomic E-state index is 12.5. The van der Waals surface area contributed by atoms with Crippen LogP contribution in [0.25, 0.3) is 4.85 Å². The van der Waals surface area contributed by atoms with E-state index in [1.807, 2.05) is 19.1 Å². The third-order valence-electron chi connectivity index (χ3n) is 3.26. The topological polar surface area (TPSA) is 4.36 Å². The van der Waals surface area contributed by atoms with Gasteiger partial charge >= 0.3 is 6.18 Å². The minimum atomic E-state index is -4.31. The SMILES string of the molecule is [C-]#[N+]c1ccc([C@@H](C)c2ccc(C(F)(F)F)cc2)cc1. The lowest BCUT2D eigenvalue weighted by atomic mass is 9.92. The largest absolute Gasteiger partial charge is 0.416 e. The van der Waals surface area contributed by atoms with Gasteiger partial charge in [0.05, 0.1) is 12.1 Å². The number of halogens is 3. The van der Waals surface area contributed by atoms with Gasteiger partial charge in [-0.05, 0) is 23.3 Å². The molecule has 0 spiro atoms. The van der Waals surface area contributed by atoms with Gasteiger partial charge in [-0.15, -0.1) is 0 Å². The predicted octanol–water partition coefficient (Wildman–Crippen LogP) is 5.41. The molecular formula is C16H12F3N. The van der Waals surface area contributed by atoms with Gasteiger partial charge in [0.25, 0.3) is 0 Å². The third kappa shape index (κ3) is 3.00. The number of alkyl halides is 3. The molecule has 0 fully saturated rings. The van der Waals surface area contributed by atoms with Gasteiger partial charge in [0.2, 0.25) is 0 Å². The molecule has 0 saturated carbocycles. The Bertz CT molecular complexity index is 619. The van der Waals surface area contributed by atoms with Crippen LogP contribution < -0.4 is 0 Å². The van der Waals surface area contributed by atoms with E-state index in [2.05, 4.69) is 4.85 Å². The molecule has 2 rings (SSSR count). The van der Waals surface area contributed by atoms with Gasteiger partial charge in [0.15, 0.2) is 5.69 Å². The molecule has 0 unspecified atom stereocenters. The summed E-state index contributed by atoms with van der Waals surface area (Å²) in [5, 5.41) is 0. The van der Waals surface area contributed by atoms with Gasteiger partial charge in [0.1, 0.15) is 0 Å². The van der Waals surface area contributed by atoms with E-state index in [4.69, 9.17) is 6.57 Å². The number of nitrogens with zero attached hydrogens (tertiary/aromatic N) is 1. The Morgan fingerprint density at radius 3 is 1.75 bits per heavy atom. The zero-order valence-electron chi connectivity index (χ0n) is 10.8. The van der Waals surface area contributed by atoms with Crippen LogP contribution in [0.2, 0.25) is 0 Å². The van der Waals surface area contributed by atoms with Crippen molar-refractivity contribution >= 4 is 5.69 Å². The molecule has 0 aliphatic rings. The molecule has 0 radical (unpaired) electrons. The number of hydrogen-bond donors (Lipinski definition) is 0. The fourth-order valence-corrected chi connectivity index (χ4v) is 1.99. The van der Waals surface area contributed by atoms with Crippen molar-refractivity contribution in [1.29, 1.82) is 0 Å². The van der Waals surface area contributed by atoms with Gasteiger partial charge in [-0.2, -0.15) is 13.2 Å². The summed E-state index contributed by atoms with van der Waals surface area (Å²) in [4.78, 5) is 3.31. The molecule has 1 nitrogen and oxygen atoms in total. The van der Waals surface area contributed by atoms with Gasteiger partial charge < -0.3 is 0 Å². The summed E-state index contributed by atoms with van der Waals surface area (Å²) in [5.41, 5.74) is 1.69. The van der Waals surface area contributed by atoms with Crippen molar-refractivity contribution in [2.45, 2.75) is 19.0 Å². The second-order valence-corrected chi connectivity index (χ2v) is 4.54. The Morgan fingerprint density at radius 1 is 0.900 bits per heavy atom. The lowest BCUT2D eigenvalue weighted by Crippen LogP contribution is -2.05. The predicted molar refractivity (Wildman–Crippen MR) is 71.7 cm³/mol. The van der Waals surface area contributed by atoms with E-state index >= 15 is 0 Å². The highest BCUT2D eigenvalue weighted by molar-refractivity contribution is 5.47. The summed E-state index contributed by atoms with van der Waals surface area (Å²) in [7, 11) is 0.